The molecule has 1 aliphatic carbocycles. The van der Waals surface area contributed by atoms with Gasteiger partial charge in [0.15, 0.2) is 0 Å². The molecule has 0 bridgehead atoms. The molecular weight excluding hydrogens is 246 g/mol. The minimum atomic E-state index is 0.0858. The van der Waals surface area contributed by atoms with Gasteiger partial charge in [-0.2, -0.15) is 0 Å². The summed E-state index contributed by atoms with van der Waals surface area (Å²) in [6.45, 7) is 2.28. The smallest absolute Gasteiger partial charge is 0.224 e. The summed E-state index contributed by atoms with van der Waals surface area (Å²) in [7, 11) is 0. The number of carbonyl (C=O) groups is 1. The minimum absolute atomic E-state index is 0.0858. The fraction of sp³-hybridized carbons (Fsp3) is 0.533. The van der Waals surface area contributed by atoms with E-state index in [0.29, 0.717) is 17.5 Å². The maximum absolute atomic E-state index is 11.9. The number of carbonyl (C=O) groups excluding carboxylic acids is 1. The van der Waals surface area contributed by atoms with Crippen molar-refractivity contribution in [3.8, 4) is 0 Å². The third-order valence-corrected chi connectivity index (χ3v) is 4.06. The molecule has 3 heteroatoms. The second kappa shape index (κ2) is 6.24. The van der Waals surface area contributed by atoms with Gasteiger partial charge < -0.3 is 5.32 Å². The van der Waals surface area contributed by atoms with Crippen molar-refractivity contribution in [2.75, 3.05) is 0 Å². The van der Waals surface area contributed by atoms with Crippen LogP contribution in [-0.4, -0.2) is 11.9 Å². The van der Waals surface area contributed by atoms with Crippen molar-refractivity contribution in [1.29, 1.82) is 0 Å². The highest BCUT2D eigenvalue weighted by Gasteiger charge is 2.19. The molecule has 1 aliphatic rings. The monoisotopic (exact) mass is 265 g/mol. The van der Waals surface area contributed by atoms with Gasteiger partial charge in [-0.15, -0.1) is 0 Å². The van der Waals surface area contributed by atoms with Gasteiger partial charge in [0.2, 0.25) is 5.91 Å². The molecule has 0 aromatic heterocycles. The first-order valence-corrected chi connectivity index (χ1v) is 7.05. The van der Waals surface area contributed by atoms with E-state index in [1.807, 2.05) is 24.3 Å². The van der Waals surface area contributed by atoms with E-state index in [-0.39, 0.29) is 5.91 Å². The summed E-state index contributed by atoms with van der Waals surface area (Å²) < 4.78 is 0. The number of hydrogen-bond donors (Lipinski definition) is 1. The number of nitrogens with one attached hydrogen (secondary N) is 1. The molecular formula is C15H20ClNO. The first kappa shape index (κ1) is 13.4. The van der Waals surface area contributed by atoms with Crippen LogP contribution in [0.1, 0.15) is 38.2 Å². The summed E-state index contributed by atoms with van der Waals surface area (Å²) in [5, 5.41) is 3.79. The first-order chi connectivity index (χ1) is 8.65. The highest BCUT2D eigenvalue weighted by Crippen LogP contribution is 2.23. The summed E-state index contributed by atoms with van der Waals surface area (Å²) >= 11 is 6.05. The van der Waals surface area contributed by atoms with Gasteiger partial charge in [0.1, 0.15) is 0 Å². The average molecular weight is 266 g/mol. The standard InChI is InChI=1S/C15H20ClNO/c1-11-6-8-13(9-7-11)17-15(18)10-12-4-2-3-5-14(12)16/h2-5,11,13H,6-10H2,1H3,(H,17,18). The van der Waals surface area contributed by atoms with Crippen LogP contribution >= 0.6 is 11.6 Å². The van der Waals surface area contributed by atoms with E-state index in [4.69, 9.17) is 11.6 Å². The molecule has 1 N–H and O–H groups in total. The zero-order chi connectivity index (χ0) is 13.0. The van der Waals surface area contributed by atoms with E-state index < -0.39 is 0 Å². The lowest BCUT2D eigenvalue weighted by atomic mass is 9.87. The molecule has 1 fully saturated rings. The summed E-state index contributed by atoms with van der Waals surface area (Å²) in [6, 6.07) is 7.89. The van der Waals surface area contributed by atoms with Gasteiger partial charge in [-0.05, 0) is 43.2 Å². The highest BCUT2D eigenvalue weighted by atomic mass is 35.5. The van der Waals surface area contributed by atoms with Crippen LogP contribution in [0.15, 0.2) is 24.3 Å². The molecule has 0 aliphatic heterocycles. The highest BCUT2D eigenvalue weighted by molar-refractivity contribution is 6.31. The average Bonchev–Trinajstić information content (AvgIpc) is 2.35. The summed E-state index contributed by atoms with van der Waals surface area (Å²) in [5.41, 5.74) is 0.904. The lowest BCUT2D eigenvalue weighted by Gasteiger charge is -2.26. The second-order valence-corrected chi connectivity index (χ2v) is 5.70. The molecule has 98 valence electrons. The maximum atomic E-state index is 11.9. The van der Waals surface area contributed by atoms with Gasteiger partial charge in [-0.25, -0.2) is 0 Å². The third-order valence-electron chi connectivity index (χ3n) is 3.69. The van der Waals surface area contributed by atoms with Crippen molar-refractivity contribution < 1.29 is 4.79 Å². The SMILES string of the molecule is CC1CCC(NC(=O)Cc2ccccc2Cl)CC1. The van der Waals surface area contributed by atoms with Gasteiger partial charge >= 0.3 is 0 Å². The van der Waals surface area contributed by atoms with Crippen molar-refractivity contribution in [2.45, 2.75) is 45.1 Å². The number of amides is 1. The normalized spacial score (nSPS) is 23.7. The van der Waals surface area contributed by atoms with Crippen LogP contribution in [0.3, 0.4) is 0 Å². The summed E-state index contributed by atoms with van der Waals surface area (Å²) in [6.07, 6.45) is 5.03. The Kier molecular flexibility index (Phi) is 4.65. The van der Waals surface area contributed by atoms with Gasteiger partial charge in [0, 0.05) is 11.1 Å². The molecule has 2 rings (SSSR count). The molecule has 2 nitrogen and oxygen atoms in total. The Hall–Kier alpha value is -1.02. The molecule has 0 saturated heterocycles. The third kappa shape index (κ3) is 3.74. The Morgan fingerprint density at radius 3 is 2.61 bits per heavy atom. The molecule has 0 unspecified atom stereocenters. The second-order valence-electron chi connectivity index (χ2n) is 5.29. The molecule has 1 saturated carbocycles. The van der Waals surface area contributed by atoms with Crippen LogP contribution in [0.2, 0.25) is 5.02 Å². The van der Waals surface area contributed by atoms with E-state index in [9.17, 15) is 4.79 Å². The molecule has 0 heterocycles. The van der Waals surface area contributed by atoms with Gasteiger partial charge in [0.05, 0.1) is 6.42 Å². The fourth-order valence-electron chi connectivity index (χ4n) is 2.50. The lowest BCUT2D eigenvalue weighted by Crippen LogP contribution is -2.38. The molecule has 1 aromatic carbocycles. The Balaban J connectivity index is 1.84. The van der Waals surface area contributed by atoms with E-state index >= 15 is 0 Å². The predicted molar refractivity (Wildman–Crippen MR) is 74.7 cm³/mol. The Labute approximate surface area is 114 Å². The van der Waals surface area contributed by atoms with E-state index in [2.05, 4.69) is 12.2 Å². The lowest BCUT2D eigenvalue weighted by molar-refractivity contribution is -0.121. The van der Waals surface area contributed by atoms with Crippen LogP contribution in [0.25, 0.3) is 0 Å². The Morgan fingerprint density at radius 2 is 1.94 bits per heavy atom. The number of benzene rings is 1. The van der Waals surface area contributed by atoms with E-state index in [1.165, 1.54) is 12.8 Å². The first-order valence-electron chi connectivity index (χ1n) is 6.68. The molecule has 18 heavy (non-hydrogen) atoms. The Morgan fingerprint density at radius 1 is 1.28 bits per heavy atom. The van der Waals surface area contributed by atoms with Crippen LogP contribution in [0.4, 0.5) is 0 Å². The summed E-state index contributed by atoms with van der Waals surface area (Å²) in [4.78, 5) is 11.9. The predicted octanol–water partition coefficient (Wildman–Crippen LogP) is 3.58. The van der Waals surface area contributed by atoms with Crippen molar-refractivity contribution in [3.05, 3.63) is 34.9 Å². The topological polar surface area (TPSA) is 29.1 Å². The molecule has 0 atom stereocenters. The zero-order valence-electron chi connectivity index (χ0n) is 10.8. The molecule has 0 spiro atoms. The van der Waals surface area contributed by atoms with E-state index in [0.717, 1.165) is 24.3 Å². The number of rotatable bonds is 3. The van der Waals surface area contributed by atoms with Crippen LogP contribution < -0.4 is 5.32 Å². The minimum Gasteiger partial charge on any atom is -0.353 e. The zero-order valence-corrected chi connectivity index (χ0v) is 11.5. The van der Waals surface area contributed by atoms with Crippen molar-refractivity contribution in [3.63, 3.8) is 0 Å². The van der Waals surface area contributed by atoms with Gasteiger partial charge in [0.25, 0.3) is 0 Å². The van der Waals surface area contributed by atoms with Crippen molar-refractivity contribution in [2.24, 2.45) is 5.92 Å². The maximum Gasteiger partial charge on any atom is 0.224 e. The number of halogens is 1. The fourth-order valence-corrected chi connectivity index (χ4v) is 2.70. The van der Waals surface area contributed by atoms with E-state index in [1.54, 1.807) is 0 Å². The van der Waals surface area contributed by atoms with Gasteiger partial charge in [-0.1, -0.05) is 36.7 Å². The number of hydrogen-bond acceptors (Lipinski definition) is 1. The van der Waals surface area contributed by atoms with Crippen molar-refractivity contribution >= 4 is 17.5 Å². The van der Waals surface area contributed by atoms with Crippen molar-refractivity contribution in [1.82, 2.24) is 5.32 Å². The quantitative estimate of drug-likeness (QED) is 0.889. The molecule has 1 aromatic rings. The Bertz CT molecular complexity index is 411. The molecule has 0 radical (unpaired) electrons. The van der Waals surface area contributed by atoms with Crippen LogP contribution in [-0.2, 0) is 11.2 Å². The summed E-state index contributed by atoms with van der Waals surface area (Å²) in [5.74, 6) is 0.893. The van der Waals surface area contributed by atoms with Crippen LogP contribution in [0.5, 0.6) is 0 Å². The van der Waals surface area contributed by atoms with Gasteiger partial charge in [-0.3, -0.25) is 4.79 Å². The largest absolute Gasteiger partial charge is 0.353 e. The molecule has 1 amide bonds. The van der Waals surface area contributed by atoms with Crippen LogP contribution in [0, 0.1) is 5.92 Å².